The minimum absolute atomic E-state index is 0.167. The quantitative estimate of drug-likeness (QED) is 0.670. The molecule has 0 saturated carbocycles. The summed E-state index contributed by atoms with van der Waals surface area (Å²) in [5, 5.41) is 11.8. The Balaban J connectivity index is 2.76. The molecule has 0 spiro atoms. The van der Waals surface area contributed by atoms with Gasteiger partial charge in [0.05, 0.1) is 21.3 Å². The third-order valence-electron chi connectivity index (χ3n) is 3.71. The average Bonchev–Trinajstić information content (AvgIpc) is 2.57. The van der Waals surface area contributed by atoms with Crippen molar-refractivity contribution in [1.29, 1.82) is 0 Å². The Hall–Kier alpha value is -2.44. The van der Waals surface area contributed by atoms with Crippen molar-refractivity contribution in [2.24, 2.45) is 5.92 Å². The second-order valence-electron chi connectivity index (χ2n) is 6.12. The molecule has 25 heavy (non-hydrogen) atoms. The maximum atomic E-state index is 12.1. The number of carboxylic acid groups (broad SMARTS) is 1. The lowest BCUT2D eigenvalue weighted by atomic mass is 10.0. The molecule has 2 N–H and O–H groups in total. The van der Waals surface area contributed by atoms with Crippen molar-refractivity contribution in [3.63, 3.8) is 0 Å². The second kappa shape index (κ2) is 9.76. The van der Waals surface area contributed by atoms with Gasteiger partial charge in [-0.15, -0.1) is 0 Å². The normalized spacial score (nSPS) is 11.8. The van der Waals surface area contributed by atoms with Gasteiger partial charge in [0.15, 0.2) is 11.5 Å². The summed E-state index contributed by atoms with van der Waals surface area (Å²) in [6.45, 7) is 3.83. The molecule has 0 heterocycles. The third-order valence-corrected chi connectivity index (χ3v) is 3.71. The number of ether oxygens (including phenoxy) is 3. The van der Waals surface area contributed by atoms with Gasteiger partial charge in [-0.2, -0.15) is 0 Å². The van der Waals surface area contributed by atoms with Gasteiger partial charge >= 0.3 is 5.97 Å². The fourth-order valence-corrected chi connectivity index (χ4v) is 2.50. The molecule has 1 atom stereocenters. The number of carbonyl (C=O) groups is 2. The third kappa shape index (κ3) is 6.17. The first kappa shape index (κ1) is 20.6. The van der Waals surface area contributed by atoms with E-state index in [1.807, 2.05) is 13.8 Å². The van der Waals surface area contributed by atoms with Crippen molar-refractivity contribution in [2.45, 2.75) is 39.2 Å². The van der Waals surface area contributed by atoms with Crippen LogP contribution in [0.5, 0.6) is 17.2 Å². The molecule has 0 aromatic heterocycles. The van der Waals surface area contributed by atoms with E-state index in [0.717, 1.165) is 5.56 Å². The Bertz CT molecular complexity index is 574. The number of hydrogen-bond donors (Lipinski definition) is 2. The predicted molar refractivity (Wildman–Crippen MR) is 93.4 cm³/mol. The number of benzene rings is 1. The average molecular weight is 353 g/mol. The smallest absolute Gasteiger partial charge is 0.326 e. The summed E-state index contributed by atoms with van der Waals surface area (Å²) in [5.74, 6) is 0.371. The van der Waals surface area contributed by atoms with Gasteiger partial charge in [-0.25, -0.2) is 4.79 Å². The van der Waals surface area contributed by atoms with E-state index in [9.17, 15) is 14.7 Å². The highest BCUT2D eigenvalue weighted by molar-refractivity contribution is 5.83. The van der Waals surface area contributed by atoms with Gasteiger partial charge in [-0.05, 0) is 36.5 Å². The number of carbonyl (C=O) groups excluding carboxylic acids is 1. The SMILES string of the molecule is COc1cc(CCC(=O)N[C@H](CC(C)C)C(=O)O)cc(OC)c1OC. The summed E-state index contributed by atoms with van der Waals surface area (Å²) in [7, 11) is 4.57. The predicted octanol–water partition coefficient (Wildman–Crippen LogP) is 2.26. The number of hydrogen-bond acceptors (Lipinski definition) is 5. The van der Waals surface area contributed by atoms with E-state index in [2.05, 4.69) is 5.32 Å². The van der Waals surface area contributed by atoms with Crippen LogP contribution in [0.2, 0.25) is 0 Å². The summed E-state index contributed by atoms with van der Waals surface area (Å²) >= 11 is 0. The van der Waals surface area contributed by atoms with Crippen LogP contribution < -0.4 is 19.5 Å². The van der Waals surface area contributed by atoms with Gasteiger partial charge in [0.1, 0.15) is 6.04 Å². The first-order chi connectivity index (χ1) is 11.8. The Labute approximate surface area is 148 Å². The molecule has 1 aromatic carbocycles. The number of carboxylic acids is 1. The molecule has 0 aliphatic heterocycles. The van der Waals surface area contributed by atoms with Crippen molar-refractivity contribution >= 4 is 11.9 Å². The number of aliphatic carboxylic acids is 1. The van der Waals surface area contributed by atoms with Crippen molar-refractivity contribution in [2.75, 3.05) is 21.3 Å². The van der Waals surface area contributed by atoms with Crippen LogP contribution in [-0.4, -0.2) is 44.4 Å². The van der Waals surface area contributed by atoms with E-state index >= 15 is 0 Å². The molecule has 7 heteroatoms. The minimum Gasteiger partial charge on any atom is -0.493 e. The van der Waals surface area contributed by atoms with Gasteiger partial charge in [-0.1, -0.05) is 13.8 Å². The summed E-state index contributed by atoms with van der Waals surface area (Å²) in [5.41, 5.74) is 0.834. The standard InChI is InChI=1S/C18H27NO6/c1-11(2)8-13(18(21)22)19-16(20)7-6-12-9-14(23-3)17(25-5)15(10-12)24-4/h9-11,13H,6-8H2,1-5H3,(H,19,20)(H,21,22)/t13-/m1/s1. The highest BCUT2D eigenvalue weighted by Crippen LogP contribution is 2.38. The largest absolute Gasteiger partial charge is 0.493 e. The maximum Gasteiger partial charge on any atom is 0.326 e. The molecule has 1 aromatic rings. The van der Waals surface area contributed by atoms with Gasteiger partial charge in [-0.3, -0.25) is 4.79 Å². The first-order valence-electron chi connectivity index (χ1n) is 8.13. The molecule has 0 aliphatic carbocycles. The van der Waals surface area contributed by atoms with Crippen molar-refractivity contribution in [1.82, 2.24) is 5.32 Å². The van der Waals surface area contributed by atoms with E-state index in [-0.39, 0.29) is 18.2 Å². The summed E-state index contributed by atoms with van der Waals surface area (Å²) < 4.78 is 15.8. The van der Waals surface area contributed by atoms with E-state index in [1.165, 1.54) is 21.3 Å². The number of methoxy groups -OCH3 is 3. The Morgan fingerprint density at radius 3 is 2.04 bits per heavy atom. The number of nitrogens with one attached hydrogen (secondary N) is 1. The zero-order valence-electron chi connectivity index (χ0n) is 15.4. The maximum absolute atomic E-state index is 12.1. The Morgan fingerprint density at radius 2 is 1.64 bits per heavy atom. The topological polar surface area (TPSA) is 94.1 Å². The van der Waals surface area contributed by atoms with Crippen LogP contribution in [0, 0.1) is 5.92 Å². The Kier molecular flexibility index (Phi) is 8.04. The monoisotopic (exact) mass is 353 g/mol. The van der Waals surface area contributed by atoms with Crippen LogP contribution in [0.1, 0.15) is 32.3 Å². The van der Waals surface area contributed by atoms with Crippen LogP contribution in [-0.2, 0) is 16.0 Å². The molecule has 0 bridgehead atoms. The van der Waals surface area contributed by atoms with E-state index in [4.69, 9.17) is 14.2 Å². The Morgan fingerprint density at radius 1 is 1.08 bits per heavy atom. The second-order valence-corrected chi connectivity index (χ2v) is 6.12. The molecule has 140 valence electrons. The first-order valence-corrected chi connectivity index (χ1v) is 8.13. The molecule has 1 rings (SSSR count). The van der Waals surface area contributed by atoms with Crippen LogP contribution in [0.15, 0.2) is 12.1 Å². The number of aryl methyl sites for hydroxylation is 1. The fraction of sp³-hybridized carbons (Fsp3) is 0.556. The molecule has 0 unspecified atom stereocenters. The van der Waals surface area contributed by atoms with Gasteiger partial charge in [0.2, 0.25) is 11.7 Å². The van der Waals surface area contributed by atoms with Gasteiger partial charge < -0.3 is 24.6 Å². The molecule has 0 radical (unpaired) electrons. The van der Waals surface area contributed by atoms with E-state index in [1.54, 1.807) is 12.1 Å². The van der Waals surface area contributed by atoms with Crippen molar-refractivity contribution in [3.05, 3.63) is 17.7 Å². The fourth-order valence-electron chi connectivity index (χ4n) is 2.50. The zero-order valence-corrected chi connectivity index (χ0v) is 15.4. The van der Waals surface area contributed by atoms with Crippen LogP contribution in [0.4, 0.5) is 0 Å². The highest BCUT2D eigenvalue weighted by atomic mass is 16.5. The lowest BCUT2D eigenvalue weighted by Gasteiger charge is -2.17. The molecule has 0 saturated heterocycles. The summed E-state index contributed by atoms with van der Waals surface area (Å²) in [6, 6.07) is 2.68. The molecular formula is C18H27NO6. The summed E-state index contributed by atoms with van der Waals surface area (Å²) in [6.07, 6.45) is 0.988. The van der Waals surface area contributed by atoms with Gasteiger partial charge in [0, 0.05) is 6.42 Å². The molecule has 0 fully saturated rings. The molecule has 1 amide bonds. The zero-order chi connectivity index (χ0) is 19.0. The van der Waals surface area contributed by atoms with Gasteiger partial charge in [0.25, 0.3) is 0 Å². The number of amides is 1. The van der Waals surface area contributed by atoms with Crippen LogP contribution >= 0.6 is 0 Å². The van der Waals surface area contributed by atoms with Crippen LogP contribution in [0.25, 0.3) is 0 Å². The molecular weight excluding hydrogens is 326 g/mol. The van der Waals surface area contributed by atoms with E-state index in [0.29, 0.717) is 30.1 Å². The van der Waals surface area contributed by atoms with Crippen molar-refractivity contribution < 1.29 is 28.9 Å². The van der Waals surface area contributed by atoms with Crippen LogP contribution in [0.3, 0.4) is 0 Å². The minimum atomic E-state index is -1.02. The highest BCUT2D eigenvalue weighted by Gasteiger charge is 2.21. The number of rotatable bonds is 10. The lowest BCUT2D eigenvalue weighted by Crippen LogP contribution is -2.41. The lowest BCUT2D eigenvalue weighted by molar-refractivity contribution is -0.142. The summed E-state index contributed by atoms with van der Waals surface area (Å²) in [4.78, 5) is 23.3. The molecule has 0 aliphatic rings. The van der Waals surface area contributed by atoms with E-state index < -0.39 is 12.0 Å². The van der Waals surface area contributed by atoms with Crippen molar-refractivity contribution in [3.8, 4) is 17.2 Å². The molecule has 7 nitrogen and oxygen atoms in total.